The van der Waals surface area contributed by atoms with E-state index in [1.165, 1.54) is 0 Å². The summed E-state index contributed by atoms with van der Waals surface area (Å²) in [5.41, 5.74) is 0.517. The molecular weight excluding hydrogens is 168 g/mol. The fraction of sp³-hybridized carbons (Fsp3) is 0.714. The van der Waals surface area contributed by atoms with Crippen molar-refractivity contribution in [2.45, 2.75) is 41.5 Å². The Labute approximate surface area is 89.1 Å². The Hall–Kier alpha value is -0.520. The van der Waals surface area contributed by atoms with Crippen molar-refractivity contribution in [3.05, 3.63) is 24.3 Å². The standard InChI is InChI=1S/C14H24/c1-11(2)13(5)7-9-14(6,10-8-13)12(3)4/h7-12H,1-6H3. The molecule has 0 unspecified atom stereocenters. The van der Waals surface area contributed by atoms with E-state index >= 15 is 0 Å². The van der Waals surface area contributed by atoms with Gasteiger partial charge in [-0.25, -0.2) is 0 Å². The van der Waals surface area contributed by atoms with Crippen molar-refractivity contribution in [1.29, 1.82) is 0 Å². The summed E-state index contributed by atoms with van der Waals surface area (Å²) in [4.78, 5) is 0. The van der Waals surface area contributed by atoms with E-state index in [1.807, 2.05) is 0 Å². The maximum Gasteiger partial charge on any atom is 0.00562 e. The van der Waals surface area contributed by atoms with Crippen LogP contribution in [0.3, 0.4) is 0 Å². The van der Waals surface area contributed by atoms with E-state index in [0.29, 0.717) is 11.8 Å². The molecule has 80 valence electrons. The number of rotatable bonds is 2. The van der Waals surface area contributed by atoms with Gasteiger partial charge in [0.25, 0.3) is 0 Å². The second-order valence-corrected chi connectivity index (χ2v) is 5.71. The van der Waals surface area contributed by atoms with Gasteiger partial charge in [-0.3, -0.25) is 0 Å². The van der Waals surface area contributed by atoms with Gasteiger partial charge in [0.1, 0.15) is 0 Å². The molecule has 0 saturated heterocycles. The minimum atomic E-state index is 0.258. The molecule has 0 nitrogen and oxygen atoms in total. The van der Waals surface area contributed by atoms with Crippen LogP contribution in [-0.4, -0.2) is 0 Å². The highest BCUT2D eigenvalue weighted by Crippen LogP contribution is 2.41. The van der Waals surface area contributed by atoms with Gasteiger partial charge in [0.05, 0.1) is 0 Å². The highest BCUT2D eigenvalue weighted by atomic mass is 14.4. The molecule has 0 aromatic carbocycles. The van der Waals surface area contributed by atoms with Crippen LogP contribution in [0.15, 0.2) is 24.3 Å². The van der Waals surface area contributed by atoms with Gasteiger partial charge in [0.15, 0.2) is 0 Å². The summed E-state index contributed by atoms with van der Waals surface area (Å²) in [5.74, 6) is 1.35. The van der Waals surface area contributed by atoms with Crippen molar-refractivity contribution in [3.63, 3.8) is 0 Å². The van der Waals surface area contributed by atoms with E-state index in [0.717, 1.165) is 0 Å². The maximum atomic E-state index is 2.39. The van der Waals surface area contributed by atoms with Crippen LogP contribution < -0.4 is 0 Å². The highest BCUT2D eigenvalue weighted by Gasteiger charge is 2.31. The van der Waals surface area contributed by atoms with Crippen LogP contribution in [0, 0.1) is 22.7 Å². The summed E-state index contributed by atoms with van der Waals surface area (Å²) in [6.45, 7) is 13.8. The van der Waals surface area contributed by atoms with Gasteiger partial charge in [0.2, 0.25) is 0 Å². The first-order valence-corrected chi connectivity index (χ1v) is 5.71. The van der Waals surface area contributed by atoms with Gasteiger partial charge in [-0.1, -0.05) is 65.8 Å². The summed E-state index contributed by atoms with van der Waals surface area (Å²) >= 11 is 0. The van der Waals surface area contributed by atoms with E-state index < -0.39 is 0 Å². The van der Waals surface area contributed by atoms with Gasteiger partial charge >= 0.3 is 0 Å². The minimum absolute atomic E-state index is 0.258. The van der Waals surface area contributed by atoms with Gasteiger partial charge in [-0.15, -0.1) is 0 Å². The van der Waals surface area contributed by atoms with E-state index in [-0.39, 0.29) is 10.8 Å². The molecular formula is C14H24. The molecule has 0 aliphatic heterocycles. The van der Waals surface area contributed by atoms with E-state index in [4.69, 9.17) is 0 Å². The summed E-state index contributed by atoms with van der Waals surface area (Å²) in [5, 5.41) is 0. The maximum absolute atomic E-state index is 2.39. The number of hydrogen-bond acceptors (Lipinski definition) is 0. The Morgan fingerprint density at radius 1 is 0.643 bits per heavy atom. The van der Waals surface area contributed by atoms with Gasteiger partial charge in [-0.05, 0) is 11.8 Å². The van der Waals surface area contributed by atoms with Crippen LogP contribution in [0.1, 0.15) is 41.5 Å². The molecule has 0 heterocycles. The molecule has 1 aliphatic rings. The summed E-state index contributed by atoms with van der Waals surface area (Å²) in [7, 11) is 0. The monoisotopic (exact) mass is 192 g/mol. The molecule has 0 amide bonds. The molecule has 0 atom stereocenters. The SMILES string of the molecule is CC(C)C1(C)C=CC(C)(C(C)C)C=C1. The Kier molecular flexibility index (Phi) is 2.94. The second-order valence-electron chi connectivity index (χ2n) is 5.71. The van der Waals surface area contributed by atoms with E-state index in [9.17, 15) is 0 Å². The predicted molar refractivity (Wildman–Crippen MR) is 64.2 cm³/mol. The van der Waals surface area contributed by atoms with Crippen molar-refractivity contribution < 1.29 is 0 Å². The van der Waals surface area contributed by atoms with Crippen molar-refractivity contribution >= 4 is 0 Å². The lowest BCUT2D eigenvalue weighted by Gasteiger charge is -2.37. The molecule has 0 fully saturated rings. The first-order chi connectivity index (χ1) is 6.30. The van der Waals surface area contributed by atoms with E-state index in [1.54, 1.807) is 0 Å². The molecule has 14 heavy (non-hydrogen) atoms. The topological polar surface area (TPSA) is 0 Å². The van der Waals surface area contributed by atoms with Gasteiger partial charge in [-0.2, -0.15) is 0 Å². The van der Waals surface area contributed by atoms with Gasteiger partial charge in [0, 0.05) is 10.8 Å². The zero-order valence-electron chi connectivity index (χ0n) is 10.5. The van der Waals surface area contributed by atoms with Crippen LogP contribution in [0.4, 0.5) is 0 Å². The molecule has 0 saturated carbocycles. The fourth-order valence-corrected chi connectivity index (χ4v) is 1.60. The van der Waals surface area contributed by atoms with Crippen LogP contribution >= 0.6 is 0 Å². The van der Waals surface area contributed by atoms with Crippen LogP contribution in [0.5, 0.6) is 0 Å². The third kappa shape index (κ3) is 1.94. The molecule has 0 heteroatoms. The van der Waals surface area contributed by atoms with Crippen molar-refractivity contribution in [2.75, 3.05) is 0 Å². The van der Waals surface area contributed by atoms with Crippen molar-refractivity contribution in [3.8, 4) is 0 Å². The lowest BCUT2D eigenvalue weighted by atomic mass is 9.68. The Bertz CT molecular complexity index is 213. The lowest BCUT2D eigenvalue weighted by Crippen LogP contribution is -2.27. The summed E-state index contributed by atoms with van der Waals surface area (Å²) in [6, 6.07) is 0. The quantitative estimate of drug-likeness (QED) is 0.567. The molecule has 0 spiro atoms. The number of hydrogen-bond donors (Lipinski definition) is 0. The minimum Gasteiger partial charge on any atom is -0.0777 e. The van der Waals surface area contributed by atoms with E-state index in [2.05, 4.69) is 65.8 Å². The summed E-state index contributed by atoms with van der Waals surface area (Å²) < 4.78 is 0. The Morgan fingerprint density at radius 3 is 1.00 bits per heavy atom. The Balaban J connectivity index is 2.89. The van der Waals surface area contributed by atoms with Crippen LogP contribution in [0.25, 0.3) is 0 Å². The predicted octanol–water partition coefficient (Wildman–Crippen LogP) is 4.44. The molecule has 0 radical (unpaired) electrons. The molecule has 0 N–H and O–H groups in total. The fourth-order valence-electron chi connectivity index (χ4n) is 1.60. The normalized spacial score (nSPS) is 37.1. The van der Waals surface area contributed by atoms with Crippen molar-refractivity contribution in [2.24, 2.45) is 22.7 Å². The van der Waals surface area contributed by atoms with Crippen LogP contribution in [-0.2, 0) is 0 Å². The van der Waals surface area contributed by atoms with Crippen LogP contribution in [0.2, 0.25) is 0 Å². The second kappa shape index (κ2) is 3.56. The first kappa shape index (κ1) is 11.6. The third-order valence-corrected chi connectivity index (χ3v) is 4.09. The molecule has 0 aromatic heterocycles. The third-order valence-electron chi connectivity index (χ3n) is 4.09. The average Bonchev–Trinajstić information content (AvgIpc) is 2.10. The summed E-state index contributed by atoms with van der Waals surface area (Å²) in [6.07, 6.45) is 9.55. The zero-order valence-corrected chi connectivity index (χ0v) is 10.5. The first-order valence-electron chi connectivity index (χ1n) is 5.71. The highest BCUT2D eigenvalue weighted by molar-refractivity contribution is 5.25. The largest absolute Gasteiger partial charge is 0.0777 e. The van der Waals surface area contributed by atoms with Gasteiger partial charge < -0.3 is 0 Å². The lowest BCUT2D eigenvalue weighted by molar-refractivity contribution is 0.327. The zero-order chi connectivity index (χ0) is 11.0. The molecule has 1 aliphatic carbocycles. The smallest absolute Gasteiger partial charge is 0.00562 e. The molecule has 0 aromatic rings. The average molecular weight is 192 g/mol. The molecule has 0 bridgehead atoms. The van der Waals surface area contributed by atoms with Crippen molar-refractivity contribution in [1.82, 2.24) is 0 Å². The molecule has 1 rings (SSSR count). The number of allylic oxidation sites excluding steroid dienone is 4. The Morgan fingerprint density at radius 2 is 0.857 bits per heavy atom.